The van der Waals surface area contributed by atoms with E-state index in [0.29, 0.717) is 0 Å². The largest absolute Gasteiger partial charge is 0.0619 e. The van der Waals surface area contributed by atoms with Crippen molar-refractivity contribution in [2.24, 2.45) is 0 Å². The first-order valence-corrected chi connectivity index (χ1v) is 9.59. The molecule has 4 aromatic rings. The van der Waals surface area contributed by atoms with E-state index in [-0.39, 0.29) is 0 Å². The second kappa shape index (κ2) is 4.66. The predicted octanol–water partition coefficient (Wildman–Crippen LogP) is 4.50. The third kappa shape index (κ3) is 1.60. The van der Waals surface area contributed by atoms with Gasteiger partial charge in [0.15, 0.2) is 0 Å². The summed E-state index contributed by atoms with van der Waals surface area (Å²) < 4.78 is 0. The zero-order valence-electron chi connectivity index (χ0n) is 14.8. The van der Waals surface area contributed by atoms with E-state index in [2.05, 4.69) is 84.9 Å². The van der Waals surface area contributed by atoms with Crippen molar-refractivity contribution >= 4 is 12.2 Å². The zero-order chi connectivity index (χ0) is 17.5. The Kier molecular flexibility index (Phi) is 2.38. The molecule has 0 saturated carbocycles. The van der Waals surface area contributed by atoms with Gasteiger partial charge in [-0.15, -0.1) is 0 Å². The van der Waals surface area contributed by atoms with Crippen LogP contribution in [0.15, 0.2) is 72.8 Å². The highest BCUT2D eigenvalue weighted by atomic mass is 14.3. The number of rotatable bonds is 0. The van der Waals surface area contributed by atoms with E-state index in [9.17, 15) is 0 Å². The first kappa shape index (κ1) is 13.8. The fourth-order valence-corrected chi connectivity index (χ4v) is 5.34. The molecule has 0 saturated heterocycles. The van der Waals surface area contributed by atoms with Gasteiger partial charge in [0.1, 0.15) is 0 Å². The van der Waals surface area contributed by atoms with Crippen LogP contribution in [0.4, 0.5) is 0 Å². The maximum absolute atomic E-state index is 2.41. The van der Waals surface area contributed by atoms with Crippen LogP contribution in [-0.4, -0.2) is 0 Å². The minimum absolute atomic E-state index is 1.04. The molecule has 0 spiro atoms. The maximum atomic E-state index is 2.41. The molecule has 4 aromatic carbocycles. The topological polar surface area (TPSA) is 0 Å². The molecule has 0 aliphatic heterocycles. The second-order valence-corrected chi connectivity index (χ2v) is 7.73. The standard InChI is InChI=1S/C27H16/c1-4-10-19-16(7-1)13-22-25(19)23-14-17-8-3-6-12-21(17)27(23)24-15-18-9-2-5-11-20(18)26(22)24/h1-14H,15H2. The molecule has 0 bridgehead atoms. The molecule has 7 rings (SSSR count). The van der Waals surface area contributed by atoms with Crippen molar-refractivity contribution in [3.8, 4) is 22.3 Å². The van der Waals surface area contributed by atoms with E-state index in [4.69, 9.17) is 0 Å². The average molecular weight is 340 g/mol. The van der Waals surface area contributed by atoms with Crippen LogP contribution in [-0.2, 0) is 6.42 Å². The monoisotopic (exact) mass is 340 g/mol. The lowest BCUT2D eigenvalue weighted by Crippen LogP contribution is -2.10. The van der Waals surface area contributed by atoms with E-state index in [0.717, 1.165) is 6.42 Å². The molecule has 0 nitrogen and oxygen atoms in total. The van der Waals surface area contributed by atoms with Gasteiger partial charge in [-0.3, -0.25) is 0 Å². The third-order valence-corrected chi connectivity index (χ3v) is 6.39. The Hall–Kier alpha value is -3.38. The normalized spacial score (nSPS) is 13.6. The predicted molar refractivity (Wildman–Crippen MR) is 111 cm³/mol. The summed E-state index contributed by atoms with van der Waals surface area (Å²) in [6, 6.07) is 26.6. The quantitative estimate of drug-likeness (QED) is 0.381. The molecule has 0 fully saturated rings. The fraction of sp³-hybridized carbons (Fsp3) is 0.0370. The molecule has 0 unspecified atom stereocenters. The van der Waals surface area contributed by atoms with E-state index in [1.165, 1.54) is 65.4 Å². The van der Waals surface area contributed by atoms with Gasteiger partial charge >= 0.3 is 0 Å². The molecular weight excluding hydrogens is 324 g/mol. The summed E-state index contributed by atoms with van der Waals surface area (Å²) in [7, 11) is 0. The molecule has 3 aliphatic carbocycles. The van der Waals surface area contributed by atoms with Gasteiger partial charge in [0.25, 0.3) is 0 Å². The van der Waals surface area contributed by atoms with Crippen LogP contribution in [0.3, 0.4) is 0 Å². The number of hydrogen-bond acceptors (Lipinski definition) is 0. The number of benzene rings is 4. The van der Waals surface area contributed by atoms with Gasteiger partial charge in [0.2, 0.25) is 0 Å². The molecule has 0 heterocycles. The van der Waals surface area contributed by atoms with E-state index in [1.807, 2.05) is 0 Å². The smallest absolute Gasteiger partial charge is 0.000683 e. The van der Waals surface area contributed by atoms with Gasteiger partial charge in [-0.25, -0.2) is 0 Å². The second-order valence-electron chi connectivity index (χ2n) is 7.73. The van der Waals surface area contributed by atoms with Gasteiger partial charge in [0.05, 0.1) is 0 Å². The van der Waals surface area contributed by atoms with Crippen molar-refractivity contribution in [1.82, 2.24) is 0 Å². The molecule has 0 atom stereocenters. The zero-order valence-corrected chi connectivity index (χ0v) is 14.8. The summed E-state index contributed by atoms with van der Waals surface area (Å²) in [5.74, 6) is 0. The van der Waals surface area contributed by atoms with Crippen molar-refractivity contribution in [3.05, 3.63) is 116 Å². The Morgan fingerprint density at radius 3 is 2.37 bits per heavy atom. The van der Waals surface area contributed by atoms with E-state index >= 15 is 0 Å². The Labute approximate surface area is 157 Å². The maximum Gasteiger partial charge on any atom is -0.000683 e. The summed E-state index contributed by atoms with van der Waals surface area (Å²) in [6.07, 6.45) is 5.85. The number of hydrogen-bond donors (Lipinski definition) is 0. The van der Waals surface area contributed by atoms with Crippen molar-refractivity contribution in [1.29, 1.82) is 0 Å². The Morgan fingerprint density at radius 2 is 1.41 bits per heavy atom. The molecular formula is C27H16. The van der Waals surface area contributed by atoms with E-state index in [1.54, 1.807) is 0 Å². The third-order valence-electron chi connectivity index (χ3n) is 6.39. The SMILES string of the molecule is C1=c2c(c3c(c4c2-c2ccccc2C4)=c2ccccc2=C3)-c2ccccc21. The lowest BCUT2D eigenvalue weighted by atomic mass is 9.92. The fourth-order valence-electron chi connectivity index (χ4n) is 5.34. The Balaban J connectivity index is 1.80. The van der Waals surface area contributed by atoms with Gasteiger partial charge in [0, 0.05) is 0 Å². The average Bonchev–Trinajstić information content (AvgIpc) is 3.38. The highest BCUT2D eigenvalue weighted by Gasteiger charge is 2.28. The Morgan fingerprint density at radius 1 is 0.630 bits per heavy atom. The van der Waals surface area contributed by atoms with Crippen LogP contribution >= 0.6 is 0 Å². The van der Waals surface area contributed by atoms with Crippen molar-refractivity contribution in [2.75, 3.05) is 0 Å². The molecule has 0 aromatic heterocycles. The lowest BCUT2D eigenvalue weighted by molar-refractivity contribution is 1.23. The highest BCUT2D eigenvalue weighted by Crippen LogP contribution is 2.42. The minimum atomic E-state index is 1.04. The van der Waals surface area contributed by atoms with Crippen molar-refractivity contribution in [3.63, 3.8) is 0 Å². The van der Waals surface area contributed by atoms with Crippen molar-refractivity contribution in [2.45, 2.75) is 6.42 Å². The van der Waals surface area contributed by atoms with Crippen LogP contribution in [0, 0.1) is 10.4 Å². The molecule has 0 amide bonds. The molecule has 124 valence electrons. The lowest BCUT2D eigenvalue weighted by Gasteiger charge is -2.11. The van der Waals surface area contributed by atoms with E-state index < -0.39 is 0 Å². The van der Waals surface area contributed by atoms with Crippen LogP contribution in [0.25, 0.3) is 34.4 Å². The summed E-state index contributed by atoms with van der Waals surface area (Å²) in [5, 5.41) is 5.62. The first-order valence-electron chi connectivity index (χ1n) is 9.59. The minimum Gasteiger partial charge on any atom is -0.0619 e. The molecule has 0 N–H and O–H groups in total. The number of fused-ring (bicyclic) bond motifs is 11. The Bertz CT molecular complexity index is 1530. The first-order chi connectivity index (χ1) is 13.4. The van der Waals surface area contributed by atoms with Gasteiger partial charge < -0.3 is 0 Å². The molecule has 0 heteroatoms. The molecule has 27 heavy (non-hydrogen) atoms. The van der Waals surface area contributed by atoms with Gasteiger partial charge in [-0.1, -0.05) is 72.8 Å². The summed E-state index contributed by atoms with van der Waals surface area (Å²) in [5.41, 5.74) is 11.4. The van der Waals surface area contributed by atoms with Gasteiger partial charge in [-0.05, 0) is 84.0 Å². The van der Waals surface area contributed by atoms with Crippen LogP contribution in [0.5, 0.6) is 0 Å². The molecule has 3 aliphatic rings. The highest BCUT2D eigenvalue weighted by molar-refractivity contribution is 5.95. The summed E-state index contributed by atoms with van der Waals surface area (Å²) in [4.78, 5) is 0. The molecule has 0 radical (unpaired) electrons. The van der Waals surface area contributed by atoms with Crippen LogP contribution in [0.1, 0.15) is 22.3 Å². The summed E-state index contributed by atoms with van der Waals surface area (Å²) in [6.45, 7) is 0. The van der Waals surface area contributed by atoms with Crippen LogP contribution < -0.4 is 10.4 Å². The van der Waals surface area contributed by atoms with Crippen molar-refractivity contribution < 1.29 is 0 Å². The summed E-state index contributed by atoms with van der Waals surface area (Å²) >= 11 is 0. The van der Waals surface area contributed by atoms with Gasteiger partial charge in [-0.2, -0.15) is 0 Å². The van der Waals surface area contributed by atoms with Crippen LogP contribution in [0.2, 0.25) is 0 Å².